The Morgan fingerprint density at radius 3 is 2.61 bits per heavy atom. The standard InChI is InChI=1S/C12H21NO4S/c1-2-18-8-6-4-3-5-7-13-11(14)9-17-10-12(15)16/h2H,1,3-10H2,(H,13,14)(H,15,16). The summed E-state index contributed by atoms with van der Waals surface area (Å²) in [7, 11) is 0. The van der Waals surface area contributed by atoms with Gasteiger partial charge in [-0.25, -0.2) is 4.79 Å². The topological polar surface area (TPSA) is 75.6 Å². The van der Waals surface area contributed by atoms with Crippen molar-refractivity contribution in [3.8, 4) is 0 Å². The molecule has 0 atom stereocenters. The van der Waals surface area contributed by atoms with Crippen LogP contribution in [0.3, 0.4) is 0 Å². The fraction of sp³-hybridized carbons (Fsp3) is 0.667. The van der Waals surface area contributed by atoms with E-state index >= 15 is 0 Å². The highest BCUT2D eigenvalue weighted by Gasteiger charge is 2.02. The van der Waals surface area contributed by atoms with Crippen molar-refractivity contribution in [2.45, 2.75) is 25.7 Å². The number of carbonyl (C=O) groups excluding carboxylic acids is 1. The van der Waals surface area contributed by atoms with Crippen LogP contribution in [0.5, 0.6) is 0 Å². The van der Waals surface area contributed by atoms with Crippen molar-refractivity contribution in [1.29, 1.82) is 0 Å². The van der Waals surface area contributed by atoms with E-state index in [4.69, 9.17) is 5.11 Å². The summed E-state index contributed by atoms with van der Waals surface area (Å²) in [6, 6.07) is 0. The SMILES string of the molecule is C=CSCCCCCCNC(=O)COCC(=O)O. The van der Waals surface area contributed by atoms with Crippen LogP contribution in [0.2, 0.25) is 0 Å². The van der Waals surface area contributed by atoms with Crippen LogP contribution in [0.1, 0.15) is 25.7 Å². The first-order valence-corrected chi connectivity index (χ1v) is 7.00. The minimum absolute atomic E-state index is 0.192. The van der Waals surface area contributed by atoms with Crippen molar-refractivity contribution in [2.75, 3.05) is 25.5 Å². The van der Waals surface area contributed by atoms with Gasteiger partial charge in [0.1, 0.15) is 13.2 Å². The number of carbonyl (C=O) groups is 2. The van der Waals surface area contributed by atoms with E-state index < -0.39 is 12.6 Å². The molecule has 0 saturated heterocycles. The van der Waals surface area contributed by atoms with Crippen molar-refractivity contribution in [3.05, 3.63) is 12.0 Å². The monoisotopic (exact) mass is 275 g/mol. The lowest BCUT2D eigenvalue weighted by Gasteiger charge is -2.05. The maximum atomic E-state index is 11.2. The average molecular weight is 275 g/mol. The lowest BCUT2D eigenvalue weighted by Crippen LogP contribution is -2.29. The number of nitrogens with one attached hydrogen (secondary N) is 1. The van der Waals surface area contributed by atoms with Gasteiger partial charge in [-0.3, -0.25) is 4.79 Å². The number of aliphatic carboxylic acids is 1. The third-order valence-corrected chi connectivity index (χ3v) is 2.85. The number of amides is 1. The maximum absolute atomic E-state index is 11.2. The highest BCUT2D eigenvalue weighted by molar-refractivity contribution is 8.02. The molecule has 5 nitrogen and oxygen atoms in total. The van der Waals surface area contributed by atoms with Crippen molar-refractivity contribution in [2.24, 2.45) is 0 Å². The average Bonchev–Trinajstić information content (AvgIpc) is 2.32. The molecule has 0 saturated carbocycles. The quantitative estimate of drug-likeness (QED) is 0.530. The lowest BCUT2D eigenvalue weighted by atomic mass is 10.2. The first-order valence-electron chi connectivity index (χ1n) is 5.95. The molecule has 0 heterocycles. The molecule has 0 aromatic carbocycles. The van der Waals surface area contributed by atoms with Gasteiger partial charge >= 0.3 is 5.97 Å². The summed E-state index contributed by atoms with van der Waals surface area (Å²) in [6.45, 7) is 3.62. The molecule has 0 radical (unpaired) electrons. The first-order chi connectivity index (χ1) is 8.66. The normalized spacial score (nSPS) is 10.0. The van der Waals surface area contributed by atoms with Gasteiger partial charge in [0.15, 0.2) is 0 Å². The molecule has 1 amide bonds. The van der Waals surface area contributed by atoms with Crippen LogP contribution >= 0.6 is 11.8 Å². The van der Waals surface area contributed by atoms with Crippen LogP contribution in [0.25, 0.3) is 0 Å². The second kappa shape index (κ2) is 12.4. The summed E-state index contributed by atoms with van der Waals surface area (Å²) in [5.74, 6) is -0.238. The third-order valence-electron chi connectivity index (χ3n) is 2.09. The second-order valence-corrected chi connectivity index (χ2v) is 4.76. The van der Waals surface area contributed by atoms with Crippen LogP contribution in [-0.4, -0.2) is 42.5 Å². The molecular weight excluding hydrogens is 254 g/mol. The zero-order valence-corrected chi connectivity index (χ0v) is 11.3. The Morgan fingerprint density at radius 2 is 1.94 bits per heavy atom. The minimum atomic E-state index is -1.07. The zero-order valence-electron chi connectivity index (χ0n) is 10.5. The van der Waals surface area contributed by atoms with Gasteiger partial charge in [0.25, 0.3) is 0 Å². The number of carboxylic acids is 1. The Balaban J connectivity index is 3.20. The van der Waals surface area contributed by atoms with Crippen molar-refractivity contribution < 1.29 is 19.4 Å². The molecule has 0 aliphatic carbocycles. The van der Waals surface area contributed by atoms with E-state index in [1.165, 1.54) is 0 Å². The highest BCUT2D eigenvalue weighted by atomic mass is 32.2. The predicted molar refractivity (Wildman–Crippen MR) is 72.6 cm³/mol. The zero-order chi connectivity index (χ0) is 13.6. The molecule has 18 heavy (non-hydrogen) atoms. The molecule has 0 unspecified atom stereocenters. The molecule has 104 valence electrons. The first kappa shape index (κ1) is 17.0. The number of ether oxygens (including phenoxy) is 1. The molecular formula is C12H21NO4S. The van der Waals surface area contributed by atoms with Crippen LogP contribution in [0.4, 0.5) is 0 Å². The Bertz CT molecular complexity index is 258. The van der Waals surface area contributed by atoms with Crippen LogP contribution < -0.4 is 5.32 Å². The van der Waals surface area contributed by atoms with E-state index in [2.05, 4.69) is 16.6 Å². The van der Waals surface area contributed by atoms with Gasteiger partial charge in [-0.1, -0.05) is 19.4 Å². The third kappa shape index (κ3) is 13.1. The predicted octanol–water partition coefficient (Wildman–Crippen LogP) is 1.64. The molecule has 2 N–H and O–H groups in total. The van der Waals surface area contributed by atoms with E-state index in [9.17, 15) is 9.59 Å². The van der Waals surface area contributed by atoms with Gasteiger partial charge in [0.2, 0.25) is 5.91 Å². The van der Waals surface area contributed by atoms with Gasteiger partial charge in [-0.05, 0) is 24.0 Å². The fourth-order valence-corrected chi connectivity index (χ4v) is 1.79. The Morgan fingerprint density at radius 1 is 1.22 bits per heavy atom. The maximum Gasteiger partial charge on any atom is 0.329 e. The van der Waals surface area contributed by atoms with E-state index in [0.29, 0.717) is 6.54 Å². The van der Waals surface area contributed by atoms with Gasteiger partial charge < -0.3 is 15.2 Å². The van der Waals surface area contributed by atoms with Gasteiger partial charge in [0.05, 0.1) is 0 Å². The van der Waals surface area contributed by atoms with E-state index in [1.807, 2.05) is 5.41 Å². The fourth-order valence-electron chi connectivity index (χ4n) is 1.26. The molecule has 0 rings (SSSR count). The summed E-state index contributed by atoms with van der Waals surface area (Å²) in [6.07, 6.45) is 4.32. The van der Waals surface area contributed by atoms with E-state index in [-0.39, 0.29) is 12.5 Å². The summed E-state index contributed by atoms with van der Waals surface area (Å²) >= 11 is 1.72. The Hall–Kier alpha value is -1.01. The molecule has 0 aliphatic rings. The smallest absolute Gasteiger partial charge is 0.329 e. The van der Waals surface area contributed by atoms with Crippen molar-refractivity contribution in [3.63, 3.8) is 0 Å². The van der Waals surface area contributed by atoms with Gasteiger partial charge in [0, 0.05) is 6.54 Å². The molecule has 6 heteroatoms. The summed E-state index contributed by atoms with van der Waals surface area (Å²) in [5, 5.41) is 12.8. The molecule has 0 aromatic heterocycles. The number of rotatable bonds is 12. The molecule has 0 spiro atoms. The van der Waals surface area contributed by atoms with E-state index in [1.54, 1.807) is 11.8 Å². The summed E-state index contributed by atoms with van der Waals surface area (Å²) in [4.78, 5) is 21.3. The lowest BCUT2D eigenvalue weighted by molar-refractivity contribution is -0.143. The Kier molecular flexibility index (Phi) is 11.7. The van der Waals surface area contributed by atoms with Crippen molar-refractivity contribution in [1.82, 2.24) is 5.32 Å². The molecule has 0 aromatic rings. The van der Waals surface area contributed by atoms with Crippen LogP contribution in [-0.2, 0) is 14.3 Å². The largest absolute Gasteiger partial charge is 0.480 e. The molecule has 0 fully saturated rings. The van der Waals surface area contributed by atoms with Crippen molar-refractivity contribution >= 4 is 23.6 Å². The second-order valence-electron chi connectivity index (χ2n) is 3.69. The van der Waals surface area contributed by atoms with Gasteiger partial charge in [-0.15, -0.1) is 11.8 Å². The highest BCUT2D eigenvalue weighted by Crippen LogP contribution is 2.07. The minimum Gasteiger partial charge on any atom is -0.480 e. The summed E-state index contributed by atoms with van der Waals surface area (Å²) < 4.78 is 4.66. The van der Waals surface area contributed by atoms with Crippen LogP contribution in [0, 0.1) is 0 Å². The number of unbranched alkanes of at least 4 members (excludes halogenated alkanes) is 3. The number of hydrogen-bond acceptors (Lipinski definition) is 4. The van der Waals surface area contributed by atoms with Gasteiger partial charge in [-0.2, -0.15) is 0 Å². The van der Waals surface area contributed by atoms with E-state index in [0.717, 1.165) is 31.4 Å². The molecule has 0 aliphatic heterocycles. The van der Waals surface area contributed by atoms with Crippen LogP contribution in [0.15, 0.2) is 12.0 Å². The Labute approximate surface area is 112 Å². The number of thioether (sulfide) groups is 1. The number of hydrogen-bond donors (Lipinski definition) is 2. The molecule has 0 bridgehead atoms. The number of carboxylic acid groups (broad SMARTS) is 1. The summed E-state index contributed by atoms with van der Waals surface area (Å²) in [5.41, 5.74) is 0.